The first-order chi connectivity index (χ1) is 11.3. The zero-order valence-corrected chi connectivity index (χ0v) is 12.8. The van der Waals surface area contributed by atoms with Gasteiger partial charge in [-0.2, -0.15) is 0 Å². The van der Waals surface area contributed by atoms with Gasteiger partial charge in [-0.15, -0.1) is 10.2 Å². The van der Waals surface area contributed by atoms with E-state index in [1.807, 2.05) is 36.1 Å². The van der Waals surface area contributed by atoms with Crippen LogP contribution in [0, 0.1) is 12.8 Å². The topological polar surface area (TPSA) is 78.9 Å². The van der Waals surface area contributed by atoms with Crippen molar-refractivity contribution in [1.29, 1.82) is 0 Å². The van der Waals surface area contributed by atoms with Crippen LogP contribution in [0.25, 0.3) is 11.6 Å². The van der Waals surface area contributed by atoms with E-state index in [0.29, 0.717) is 24.3 Å². The monoisotopic (exact) mass is 311 g/mol. The normalized spacial score (nSPS) is 20.9. The number of aryl methyl sites for hydroxylation is 1. The third-order valence-corrected chi connectivity index (χ3v) is 4.11. The van der Waals surface area contributed by atoms with E-state index < -0.39 is 0 Å². The number of hydrogen-bond acceptors (Lipinski definition) is 6. The van der Waals surface area contributed by atoms with E-state index in [-0.39, 0.29) is 6.10 Å². The van der Waals surface area contributed by atoms with Gasteiger partial charge >= 0.3 is 0 Å². The SMILES string of the molecule is Cc1cccnc1-c1nnc([C@H]2OCC[C@H]2Cn2ccnc2)o1. The lowest BCUT2D eigenvalue weighted by Gasteiger charge is -2.15. The van der Waals surface area contributed by atoms with E-state index in [1.54, 1.807) is 12.4 Å². The van der Waals surface area contributed by atoms with Gasteiger partial charge in [-0.25, -0.2) is 4.98 Å². The van der Waals surface area contributed by atoms with Gasteiger partial charge in [0, 0.05) is 37.7 Å². The van der Waals surface area contributed by atoms with Gasteiger partial charge in [0.05, 0.1) is 6.33 Å². The van der Waals surface area contributed by atoms with Gasteiger partial charge in [0.1, 0.15) is 11.8 Å². The molecule has 23 heavy (non-hydrogen) atoms. The van der Waals surface area contributed by atoms with Crippen LogP contribution in [-0.2, 0) is 11.3 Å². The second-order valence-corrected chi connectivity index (χ2v) is 5.71. The average Bonchev–Trinajstić information content (AvgIpc) is 3.28. The summed E-state index contributed by atoms with van der Waals surface area (Å²) < 4.78 is 13.7. The van der Waals surface area contributed by atoms with Crippen LogP contribution in [0.2, 0.25) is 0 Å². The second kappa shape index (κ2) is 5.92. The Morgan fingerprint density at radius 1 is 1.30 bits per heavy atom. The highest BCUT2D eigenvalue weighted by Crippen LogP contribution is 2.36. The fourth-order valence-electron chi connectivity index (χ4n) is 2.91. The van der Waals surface area contributed by atoms with Crippen LogP contribution in [0.5, 0.6) is 0 Å². The van der Waals surface area contributed by atoms with Gasteiger partial charge in [-0.05, 0) is 25.0 Å². The molecule has 0 unspecified atom stereocenters. The lowest BCUT2D eigenvalue weighted by atomic mass is 10.0. The number of ether oxygens (including phenoxy) is 1. The van der Waals surface area contributed by atoms with E-state index in [2.05, 4.69) is 20.2 Å². The first-order valence-electron chi connectivity index (χ1n) is 7.64. The first kappa shape index (κ1) is 14.1. The zero-order chi connectivity index (χ0) is 15.6. The summed E-state index contributed by atoms with van der Waals surface area (Å²) in [6.45, 7) is 3.50. The molecule has 0 aromatic carbocycles. The Hall–Kier alpha value is -2.54. The maximum absolute atomic E-state index is 5.85. The molecule has 7 nitrogen and oxygen atoms in total. The number of aromatic nitrogens is 5. The van der Waals surface area contributed by atoms with Gasteiger partial charge < -0.3 is 13.7 Å². The second-order valence-electron chi connectivity index (χ2n) is 5.71. The van der Waals surface area contributed by atoms with Crippen molar-refractivity contribution in [3.63, 3.8) is 0 Å². The number of pyridine rings is 1. The summed E-state index contributed by atoms with van der Waals surface area (Å²) in [6, 6.07) is 3.86. The molecule has 118 valence electrons. The molecular weight excluding hydrogens is 294 g/mol. The molecule has 0 aliphatic carbocycles. The van der Waals surface area contributed by atoms with Crippen molar-refractivity contribution in [2.75, 3.05) is 6.61 Å². The molecule has 4 heterocycles. The quantitative estimate of drug-likeness (QED) is 0.736. The summed E-state index contributed by atoms with van der Waals surface area (Å²) in [5.74, 6) is 1.25. The van der Waals surface area contributed by atoms with Gasteiger partial charge in [-0.1, -0.05) is 6.07 Å². The van der Waals surface area contributed by atoms with Crippen molar-refractivity contribution in [3.8, 4) is 11.6 Å². The summed E-state index contributed by atoms with van der Waals surface area (Å²) >= 11 is 0. The first-order valence-corrected chi connectivity index (χ1v) is 7.64. The molecule has 0 amide bonds. The minimum absolute atomic E-state index is 0.178. The maximum Gasteiger partial charge on any atom is 0.266 e. The molecule has 0 bridgehead atoms. The van der Waals surface area contributed by atoms with E-state index in [0.717, 1.165) is 24.2 Å². The van der Waals surface area contributed by atoms with Crippen LogP contribution in [0.3, 0.4) is 0 Å². The van der Waals surface area contributed by atoms with Gasteiger partial charge in [-0.3, -0.25) is 4.98 Å². The Bertz CT molecular complexity index is 783. The molecule has 2 atom stereocenters. The van der Waals surface area contributed by atoms with E-state index >= 15 is 0 Å². The lowest BCUT2D eigenvalue weighted by Crippen LogP contribution is -2.14. The third kappa shape index (κ3) is 2.75. The summed E-state index contributed by atoms with van der Waals surface area (Å²) in [5, 5.41) is 8.33. The van der Waals surface area contributed by atoms with Crippen molar-refractivity contribution in [1.82, 2.24) is 24.7 Å². The van der Waals surface area contributed by atoms with Gasteiger partial charge in [0.2, 0.25) is 5.89 Å². The van der Waals surface area contributed by atoms with Crippen LogP contribution < -0.4 is 0 Å². The fraction of sp³-hybridized carbons (Fsp3) is 0.375. The Morgan fingerprint density at radius 2 is 2.26 bits per heavy atom. The molecule has 1 saturated heterocycles. The molecule has 0 radical (unpaired) electrons. The number of imidazole rings is 1. The average molecular weight is 311 g/mol. The predicted molar refractivity (Wildman–Crippen MR) is 81.3 cm³/mol. The summed E-state index contributed by atoms with van der Waals surface area (Å²) in [7, 11) is 0. The fourth-order valence-corrected chi connectivity index (χ4v) is 2.91. The van der Waals surface area contributed by atoms with Crippen molar-refractivity contribution in [2.24, 2.45) is 5.92 Å². The van der Waals surface area contributed by atoms with E-state index in [1.165, 1.54) is 0 Å². The molecule has 0 N–H and O–H groups in total. The summed E-state index contributed by atoms with van der Waals surface area (Å²) in [6.07, 6.45) is 8.04. The number of rotatable bonds is 4. The molecule has 3 aromatic heterocycles. The minimum Gasteiger partial charge on any atom is -0.416 e. The molecular formula is C16H17N5O2. The van der Waals surface area contributed by atoms with Crippen molar-refractivity contribution in [2.45, 2.75) is 26.0 Å². The largest absolute Gasteiger partial charge is 0.416 e. The highest BCUT2D eigenvalue weighted by atomic mass is 16.5. The van der Waals surface area contributed by atoms with Crippen molar-refractivity contribution < 1.29 is 9.15 Å². The van der Waals surface area contributed by atoms with Crippen LogP contribution in [0.15, 0.2) is 41.5 Å². The lowest BCUT2D eigenvalue weighted by molar-refractivity contribution is 0.0642. The molecule has 1 fully saturated rings. The smallest absolute Gasteiger partial charge is 0.266 e. The highest BCUT2D eigenvalue weighted by Gasteiger charge is 2.34. The number of hydrogen-bond donors (Lipinski definition) is 0. The molecule has 0 saturated carbocycles. The summed E-state index contributed by atoms with van der Waals surface area (Å²) in [5.41, 5.74) is 1.72. The molecule has 7 heteroatoms. The third-order valence-electron chi connectivity index (χ3n) is 4.11. The highest BCUT2D eigenvalue weighted by molar-refractivity contribution is 5.51. The van der Waals surface area contributed by atoms with Crippen LogP contribution in [0.4, 0.5) is 0 Å². The van der Waals surface area contributed by atoms with Crippen molar-refractivity contribution >= 4 is 0 Å². The predicted octanol–water partition coefficient (Wildman–Crippen LogP) is 2.41. The molecule has 0 spiro atoms. The van der Waals surface area contributed by atoms with E-state index in [4.69, 9.17) is 9.15 Å². The minimum atomic E-state index is -0.178. The Kier molecular flexibility index (Phi) is 3.63. The molecule has 4 rings (SSSR count). The van der Waals surface area contributed by atoms with Crippen LogP contribution in [0.1, 0.15) is 24.0 Å². The van der Waals surface area contributed by atoms with E-state index in [9.17, 15) is 0 Å². The molecule has 1 aliphatic rings. The Balaban J connectivity index is 1.57. The standard InChI is InChI=1S/C16H17N5O2/c1-11-3-2-5-18-13(11)15-19-20-16(23-15)14-12(4-8-22-14)9-21-7-6-17-10-21/h2-3,5-7,10,12,14H,4,8-9H2,1H3/t12-,14-/m0/s1. The van der Waals surface area contributed by atoms with Gasteiger partial charge in [0.15, 0.2) is 0 Å². The molecule has 1 aliphatic heterocycles. The van der Waals surface area contributed by atoms with Gasteiger partial charge in [0.25, 0.3) is 5.89 Å². The molecule has 3 aromatic rings. The Morgan fingerprint density at radius 3 is 3.09 bits per heavy atom. The van der Waals surface area contributed by atoms with Crippen LogP contribution in [-0.4, -0.2) is 31.3 Å². The Labute approximate surface area is 133 Å². The van der Waals surface area contributed by atoms with Crippen LogP contribution >= 0.6 is 0 Å². The van der Waals surface area contributed by atoms with Crippen molar-refractivity contribution in [3.05, 3.63) is 48.5 Å². The maximum atomic E-state index is 5.85. The number of nitrogens with zero attached hydrogens (tertiary/aromatic N) is 5. The zero-order valence-electron chi connectivity index (χ0n) is 12.8. The summed E-state index contributed by atoms with van der Waals surface area (Å²) in [4.78, 5) is 8.40.